The van der Waals surface area contributed by atoms with Crippen LogP contribution in [0, 0.1) is 17.2 Å². The van der Waals surface area contributed by atoms with E-state index in [4.69, 9.17) is 0 Å². The zero-order valence-corrected chi connectivity index (χ0v) is 26.5. The topological polar surface area (TPSA) is 134 Å². The molecular weight excluding hydrogens is 599 g/mol. The third kappa shape index (κ3) is 5.89. The maximum absolute atomic E-state index is 14.0. The monoisotopic (exact) mass is 639 g/mol. The molecule has 15 heteroatoms. The molecule has 3 unspecified atom stereocenters. The summed E-state index contributed by atoms with van der Waals surface area (Å²) in [4.78, 5) is 34.8. The normalized spacial score (nSPS) is 24.6. The summed E-state index contributed by atoms with van der Waals surface area (Å²) in [5.74, 6) is -0.746. The number of aliphatic imine (C=N–C) groups is 1. The number of likely N-dealkylation sites (tertiary alicyclic amines) is 2. The van der Waals surface area contributed by atoms with Crippen LogP contribution in [0.25, 0.3) is 22.3 Å². The van der Waals surface area contributed by atoms with Crippen LogP contribution in [0.15, 0.2) is 36.0 Å². The molecule has 3 aliphatic rings. The first-order chi connectivity index (χ1) is 21.9. The van der Waals surface area contributed by atoms with Gasteiger partial charge in [-0.3, -0.25) is 24.3 Å². The summed E-state index contributed by atoms with van der Waals surface area (Å²) in [6.07, 6.45) is 2.09. The second-order valence-electron chi connectivity index (χ2n) is 13.1. The Morgan fingerprint density at radius 2 is 1.98 bits per heavy atom. The lowest BCUT2D eigenvalue weighted by molar-refractivity contribution is -0.190. The number of nitriles is 1. The van der Waals surface area contributed by atoms with Crippen LogP contribution in [0.2, 0.25) is 0 Å². The number of aromatic nitrogens is 5. The van der Waals surface area contributed by atoms with Crippen molar-refractivity contribution in [1.29, 1.82) is 5.26 Å². The van der Waals surface area contributed by atoms with E-state index in [9.17, 15) is 23.2 Å². The van der Waals surface area contributed by atoms with E-state index in [1.807, 2.05) is 37.0 Å². The molecule has 6 rings (SSSR count). The minimum atomic E-state index is -4.59. The highest BCUT2D eigenvalue weighted by Crippen LogP contribution is 2.38. The Morgan fingerprint density at radius 1 is 1.24 bits per heavy atom. The number of piperidine rings is 1. The van der Waals surface area contributed by atoms with E-state index in [1.165, 1.54) is 13.4 Å². The molecule has 2 N–H and O–H groups in total. The first kappa shape index (κ1) is 32.1. The number of likely N-dealkylation sites (N-methyl/N-ethyl adjacent to an activating group) is 1. The molecule has 2 saturated heterocycles. The molecule has 0 radical (unpaired) electrons. The lowest BCUT2D eigenvalue weighted by Gasteiger charge is -2.54. The Morgan fingerprint density at radius 3 is 2.65 bits per heavy atom. The lowest BCUT2D eigenvalue weighted by atomic mass is 9.83. The molecule has 0 bridgehead atoms. The van der Waals surface area contributed by atoms with Gasteiger partial charge >= 0.3 is 6.18 Å². The van der Waals surface area contributed by atoms with Crippen molar-refractivity contribution in [2.45, 2.75) is 76.0 Å². The quantitative estimate of drug-likeness (QED) is 0.384. The van der Waals surface area contributed by atoms with E-state index >= 15 is 0 Å². The average Bonchev–Trinajstić information content (AvgIpc) is 3.68. The fourth-order valence-corrected chi connectivity index (χ4v) is 7.16. The standard InChI is InChI=1S/C31H40F3N11O/c1-19(2)37-14-24-20(3)26(42(4)29(41-24)31(32,33)34)28(46)43-11-6-22(7-12-43)44-16-30(17-44,8-9-35)45-15-21(13-40-45)25-23-5-10-36-27(23)39-18-38-25/h5,10,13,15,18-20,22,26,29,37H,6-8,11-12,14,16-17H2,1-4H3,(H,36,38,39). The number of aromatic amines is 1. The van der Waals surface area contributed by atoms with Crippen molar-refractivity contribution in [2.24, 2.45) is 10.9 Å². The molecule has 6 heterocycles. The SMILES string of the molecule is CC(C)NCC1=NC(C(F)(F)F)N(C)C(C(=O)N2CCC(N3CC(CC#N)(n4cc(-c5ncnc6[nH]ccc56)cn4)C3)CC2)C1C. The molecular formula is C31H40F3N11O. The van der Waals surface area contributed by atoms with E-state index in [0.29, 0.717) is 51.2 Å². The Kier molecular flexibility index (Phi) is 8.64. The first-order valence-corrected chi connectivity index (χ1v) is 15.7. The van der Waals surface area contributed by atoms with Crippen LogP contribution in [0.5, 0.6) is 0 Å². The molecule has 3 aromatic heterocycles. The van der Waals surface area contributed by atoms with Crippen molar-refractivity contribution >= 4 is 22.7 Å². The Bertz CT molecular complexity index is 1630. The highest BCUT2D eigenvalue weighted by atomic mass is 19.4. The van der Waals surface area contributed by atoms with E-state index in [2.05, 4.69) is 41.3 Å². The maximum atomic E-state index is 14.0. The highest BCUT2D eigenvalue weighted by Gasteiger charge is 2.52. The molecule has 1 amide bonds. The van der Waals surface area contributed by atoms with Gasteiger partial charge in [-0.15, -0.1) is 0 Å². The maximum Gasteiger partial charge on any atom is 0.424 e. The second kappa shape index (κ2) is 12.4. The molecule has 2 fully saturated rings. The third-order valence-electron chi connectivity index (χ3n) is 9.74. The fourth-order valence-electron chi connectivity index (χ4n) is 7.16. The number of rotatable bonds is 8. The van der Waals surface area contributed by atoms with Crippen molar-refractivity contribution in [2.75, 3.05) is 39.8 Å². The predicted octanol–water partition coefficient (Wildman–Crippen LogP) is 3.01. The first-order valence-electron chi connectivity index (χ1n) is 15.7. The van der Waals surface area contributed by atoms with Crippen LogP contribution < -0.4 is 5.32 Å². The smallest absolute Gasteiger partial charge is 0.346 e. The van der Waals surface area contributed by atoms with E-state index in [0.717, 1.165) is 27.2 Å². The van der Waals surface area contributed by atoms with Crippen molar-refractivity contribution in [1.82, 2.24) is 44.7 Å². The number of carbonyl (C=O) groups excluding carboxylic acids is 1. The minimum Gasteiger partial charge on any atom is -0.346 e. The van der Waals surface area contributed by atoms with Crippen molar-refractivity contribution in [3.8, 4) is 17.3 Å². The van der Waals surface area contributed by atoms with E-state index in [1.54, 1.807) is 18.0 Å². The van der Waals surface area contributed by atoms with Crippen LogP contribution >= 0.6 is 0 Å². The van der Waals surface area contributed by atoms with Crippen molar-refractivity contribution in [3.05, 3.63) is 31.0 Å². The fraction of sp³-hybridized carbons (Fsp3) is 0.613. The molecule has 0 aromatic carbocycles. The number of halogens is 3. The molecule has 46 heavy (non-hydrogen) atoms. The number of hydrogen-bond donors (Lipinski definition) is 2. The Balaban J connectivity index is 1.10. The number of nitrogens with one attached hydrogen (secondary N) is 2. The van der Waals surface area contributed by atoms with Gasteiger partial charge in [0, 0.05) is 79.8 Å². The van der Waals surface area contributed by atoms with Crippen LogP contribution in [-0.4, -0.2) is 121 Å². The summed E-state index contributed by atoms with van der Waals surface area (Å²) in [7, 11) is 1.35. The number of H-pyrrole nitrogens is 1. The molecule has 3 aliphatic heterocycles. The largest absolute Gasteiger partial charge is 0.424 e. The highest BCUT2D eigenvalue weighted by molar-refractivity contribution is 5.96. The van der Waals surface area contributed by atoms with Gasteiger partial charge in [-0.05, 0) is 26.0 Å². The van der Waals surface area contributed by atoms with Gasteiger partial charge in [-0.1, -0.05) is 20.8 Å². The average molecular weight is 640 g/mol. The zero-order chi connectivity index (χ0) is 32.8. The molecule has 3 atom stereocenters. The Labute approximate surface area is 265 Å². The molecule has 12 nitrogen and oxygen atoms in total. The van der Waals surface area contributed by atoms with E-state index < -0.39 is 29.8 Å². The molecule has 0 aliphatic carbocycles. The van der Waals surface area contributed by atoms with Gasteiger partial charge in [0.1, 0.15) is 17.5 Å². The number of amides is 1. The zero-order valence-electron chi connectivity index (χ0n) is 26.5. The summed E-state index contributed by atoms with van der Waals surface area (Å²) in [5.41, 5.74) is 2.25. The summed E-state index contributed by atoms with van der Waals surface area (Å²) in [6, 6.07) is 3.58. The van der Waals surface area contributed by atoms with Gasteiger partial charge < -0.3 is 15.2 Å². The Hall–Kier alpha value is -3.87. The number of carbonyl (C=O) groups is 1. The van der Waals surface area contributed by atoms with Gasteiger partial charge in [0.2, 0.25) is 5.91 Å². The van der Waals surface area contributed by atoms with Crippen LogP contribution in [0.3, 0.4) is 0 Å². The van der Waals surface area contributed by atoms with Gasteiger partial charge in [-0.25, -0.2) is 9.97 Å². The van der Waals surface area contributed by atoms with Crippen molar-refractivity contribution < 1.29 is 18.0 Å². The van der Waals surface area contributed by atoms with Gasteiger partial charge in [0.15, 0.2) is 6.17 Å². The number of hydrogen-bond acceptors (Lipinski definition) is 9. The van der Waals surface area contributed by atoms with Gasteiger partial charge in [0.05, 0.1) is 30.4 Å². The number of fused-ring (bicyclic) bond motifs is 1. The molecule has 3 aromatic rings. The molecule has 0 saturated carbocycles. The van der Waals surface area contributed by atoms with Crippen molar-refractivity contribution in [3.63, 3.8) is 0 Å². The predicted molar refractivity (Wildman–Crippen MR) is 166 cm³/mol. The summed E-state index contributed by atoms with van der Waals surface area (Å²) < 4.78 is 43.9. The van der Waals surface area contributed by atoms with Crippen LogP contribution in [0.1, 0.15) is 40.0 Å². The molecule has 246 valence electrons. The number of nitrogens with zero attached hydrogens (tertiary/aromatic N) is 9. The summed E-state index contributed by atoms with van der Waals surface area (Å²) >= 11 is 0. The molecule has 0 spiro atoms. The third-order valence-corrected chi connectivity index (χ3v) is 9.74. The number of alkyl halides is 3. The van der Waals surface area contributed by atoms with Crippen LogP contribution in [-0.2, 0) is 10.3 Å². The lowest BCUT2D eigenvalue weighted by Crippen LogP contribution is -2.67. The van der Waals surface area contributed by atoms with Crippen LogP contribution in [0.4, 0.5) is 13.2 Å². The summed E-state index contributed by atoms with van der Waals surface area (Å²) in [6.45, 7) is 8.04. The van der Waals surface area contributed by atoms with Gasteiger partial charge in [-0.2, -0.15) is 23.5 Å². The van der Waals surface area contributed by atoms with Gasteiger partial charge in [0.25, 0.3) is 0 Å². The van der Waals surface area contributed by atoms with E-state index in [-0.39, 0.29) is 24.5 Å². The minimum absolute atomic E-state index is 0.0739. The second-order valence-corrected chi connectivity index (χ2v) is 13.1. The summed E-state index contributed by atoms with van der Waals surface area (Å²) in [5, 5.41) is 18.4.